The summed E-state index contributed by atoms with van der Waals surface area (Å²) in [5.74, 6) is 0.760. The van der Waals surface area contributed by atoms with E-state index >= 15 is 0 Å². The van der Waals surface area contributed by atoms with Crippen LogP contribution in [0.1, 0.15) is 15.9 Å². The first kappa shape index (κ1) is 21.2. The number of halogens is 1. The molecule has 0 aliphatic heterocycles. The Labute approximate surface area is 170 Å². The van der Waals surface area contributed by atoms with E-state index in [2.05, 4.69) is 9.88 Å². The van der Waals surface area contributed by atoms with Crippen molar-refractivity contribution in [1.82, 2.24) is 9.88 Å². The lowest BCUT2D eigenvalue weighted by Gasteiger charge is -2.22. The molecule has 0 fully saturated rings. The normalized spacial score (nSPS) is 10.7. The molecule has 3 rings (SSSR count). The highest BCUT2D eigenvalue weighted by Crippen LogP contribution is 2.32. The quantitative estimate of drug-likeness (QED) is 0.615. The Balaban J connectivity index is 0.00000261. The first-order valence-electron chi connectivity index (χ1n) is 8.46. The highest BCUT2D eigenvalue weighted by atomic mass is 35.5. The molecule has 0 aliphatic rings. The number of carbonyl (C=O) groups excluding carboxylic acids is 1. The molecule has 0 saturated carbocycles. The third-order valence-electron chi connectivity index (χ3n) is 4.13. The molecule has 0 radical (unpaired) electrons. The first-order valence-corrected chi connectivity index (χ1v) is 9.27. The first-order chi connectivity index (χ1) is 12.5. The van der Waals surface area contributed by atoms with Crippen LogP contribution in [0.25, 0.3) is 10.2 Å². The maximum atomic E-state index is 13.1. The van der Waals surface area contributed by atoms with Crippen LogP contribution < -0.4 is 9.64 Å². The maximum absolute atomic E-state index is 13.1. The number of nitrogens with zero attached hydrogens (tertiary/aromatic N) is 3. The average molecular weight is 406 g/mol. The number of aromatic nitrogens is 1. The van der Waals surface area contributed by atoms with Crippen molar-refractivity contribution >= 4 is 45.0 Å². The molecule has 0 aliphatic carbocycles. The minimum Gasteiger partial charge on any atom is -0.497 e. The molecule has 0 N–H and O–H groups in total. The van der Waals surface area contributed by atoms with Crippen molar-refractivity contribution in [2.75, 3.05) is 39.2 Å². The fraction of sp³-hybridized carbons (Fsp3) is 0.300. The Morgan fingerprint density at radius 2 is 1.81 bits per heavy atom. The van der Waals surface area contributed by atoms with E-state index in [1.807, 2.05) is 63.5 Å². The molecule has 7 heteroatoms. The van der Waals surface area contributed by atoms with E-state index < -0.39 is 0 Å². The van der Waals surface area contributed by atoms with Gasteiger partial charge in [0.2, 0.25) is 0 Å². The van der Waals surface area contributed by atoms with E-state index in [1.165, 1.54) is 11.3 Å². The van der Waals surface area contributed by atoms with Crippen molar-refractivity contribution in [3.05, 3.63) is 53.6 Å². The number of fused-ring (bicyclic) bond motifs is 1. The minimum absolute atomic E-state index is 0. The second kappa shape index (κ2) is 9.17. The summed E-state index contributed by atoms with van der Waals surface area (Å²) in [5.41, 5.74) is 2.68. The number of hydrogen-bond donors (Lipinski definition) is 0. The van der Waals surface area contributed by atoms with Gasteiger partial charge in [0.05, 0.1) is 17.3 Å². The van der Waals surface area contributed by atoms with E-state index in [-0.39, 0.29) is 18.3 Å². The van der Waals surface area contributed by atoms with Crippen LogP contribution in [-0.4, -0.2) is 50.1 Å². The van der Waals surface area contributed by atoms with Gasteiger partial charge in [-0.2, -0.15) is 0 Å². The summed E-state index contributed by atoms with van der Waals surface area (Å²) in [4.78, 5) is 21.6. The summed E-state index contributed by atoms with van der Waals surface area (Å²) in [7, 11) is 5.64. The lowest BCUT2D eigenvalue weighted by Crippen LogP contribution is -2.36. The van der Waals surface area contributed by atoms with Gasteiger partial charge in [-0.3, -0.25) is 9.69 Å². The van der Waals surface area contributed by atoms with E-state index in [1.54, 1.807) is 12.0 Å². The predicted octanol–water partition coefficient (Wildman–Crippen LogP) is 4.24. The number of thiazole rings is 1. The van der Waals surface area contributed by atoms with Gasteiger partial charge >= 0.3 is 0 Å². The number of ether oxygens (including phenoxy) is 1. The Hall–Kier alpha value is -2.15. The van der Waals surface area contributed by atoms with Crippen LogP contribution in [0, 0.1) is 6.92 Å². The van der Waals surface area contributed by atoms with Crippen molar-refractivity contribution in [2.45, 2.75) is 6.92 Å². The summed E-state index contributed by atoms with van der Waals surface area (Å²) in [6, 6.07) is 13.4. The molecule has 27 heavy (non-hydrogen) atoms. The summed E-state index contributed by atoms with van der Waals surface area (Å²) in [5, 5.41) is 0.709. The molecule has 2 aromatic carbocycles. The van der Waals surface area contributed by atoms with Crippen molar-refractivity contribution in [3.8, 4) is 5.75 Å². The molecular formula is C20H24ClN3O2S. The minimum atomic E-state index is -0.0297. The number of methoxy groups -OCH3 is 1. The van der Waals surface area contributed by atoms with E-state index in [0.717, 1.165) is 28.1 Å². The van der Waals surface area contributed by atoms with Gasteiger partial charge in [-0.15, -0.1) is 12.4 Å². The monoisotopic (exact) mass is 405 g/mol. The third-order valence-corrected chi connectivity index (χ3v) is 5.17. The Bertz CT molecular complexity index is 909. The van der Waals surface area contributed by atoms with Gasteiger partial charge in [-0.25, -0.2) is 4.98 Å². The average Bonchev–Trinajstić information content (AvgIpc) is 3.04. The molecular weight excluding hydrogens is 382 g/mol. The molecule has 0 unspecified atom stereocenters. The standard InChI is InChI=1S/C20H23N3O2S.ClH/c1-14-5-7-15(8-6-14)19(24)23(12-11-22(2)3)20-21-17-10-9-16(25-4)13-18(17)26-20;/h5-10,13H,11-12H2,1-4H3;1H. The SMILES string of the molecule is COc1ccc2nc(N(CCN(C)C)C(=O)c3ccc(C)cc3)sc2c1.Cl. The molecule has 1 amide bonds. The second-order valence-corrected chi connectivity index (χ2v) is 7.47. The van der Waals surface area contributed by atoms with Gasteiger partial charge < -0.3 is 9.64 Å². The highest BCUT2D eigenvalue weighted by Gasteiger charge is 2.21. The second-order valence-electron chi connectivity index (χ2n) is 6.46. The number of aryl methyl sites for hydroxylation is 1. The smallest absolute Gasteiger partial charge is 0.260 e. The van der Waals surface area contributed by atoms with Crippen LogP contribution in [0.15, 0.2) is 42.5 Å². The van der Waals surface area contributed by atoms with Crippen LogP contribution in [-0.2, 0) is 0 Å². The number of hydrogen-bond acceptors (Lipinski definition) is 5. The molecule has 1 heterocycles. The number of benzene rings is 2. The van der Waals surface area contributed by atoms with Gasteiger partial charge in [0.25, 0.3) is 5.91 Å². The van der Waals surface area contributed by atoms with Crippen LogP contribution in [0.2, 0.25) is 0 Å². The fourth-order valence-corrected chi connectivity index (χ4v) is 3.59. The zero-order chi connectivity index (χ0) is 18.7. The van der Waals surface area contributed by atoms with Crippen molar-refractivity contribution in [3.63, 3.8) is 0 Å². The van der Waals surface area contributed by atoms with Gasteiger partial charge in [-0.1, -0.05) is 29.0 Å². The maximum Gasteiger partial charge on any atom is 0.260 e. The third kappa shape index (κ3) is 4.97. The van der Waals surface area contributed by atoms with E-state index in [4.69, 9.17) is 4.74 Å². The molecule has 0 spiro atoms. The lowest BCUT2D eigenvalue weighted by molar-refractivity contribution is 0.0985. The Morgan fingerprint density at radius 3 is 2.44 bits per heavy atom. The van der Waals surface area contributed by atoms with Crippen LogP contribution in [0.5, 0.6) is 5.75 Å². The molecule has 1 aromatic heterocycles. The number of amides is 1. The van der Waals surface area contributed by atoms with Gasteiger partial charge in [0, 0.05) is 18.7 Å². The molecule has 3 aromatic rings. The fourth-order valence-electron chi connectivity index (χ4n) is 2.57. The van der Waals surface area contributed by atoms with Crippen LogP contribution in [0.3, 0.4) is 0 Å². The summed E-state index contributed by atoms with van der Waals surface area (Å²) < 4.78 is 6.30. The van der Waals surface area contributed by atoms with Crippen molar-refractivity contribution < 1.29 is 9.53 Å². The summed E-state index contributed by atoms with van der Waals surface area (Å²) in [6.45, 7) is 3.35. The summed E-state index contributed by atoms with van der Waals surface area (Å²) in [6.07, 6.45) is 0. The largest absolute Gasteiger partial charge is 0.497 e. The number of carbonyl (C=O) groups is 1. The van der Waals surface area contributed by atoms with Gasteiger partial charge in [0.15, 0.2) is 5.13 Å². The van der Waals surface area contributed by atoms with E-state index in [0.29, 0.717) is 17.2 Å². The van der Waals surface area contributed by atoms with Crippen LogP contribution in [0.4, 0.5) is 5.13 Å². The van der Waals surface area contributed by atoms with Crippen molar-refractivity contribution in [2.24, 2.45) is 0 Å². The van der Waals surface area contributed by atoms with Crippen LogP contribution >= 0.6 is 23.7 Å². The molecule has 0 bridgehead atoms. The van der Waals surface area contributed by atoms with Gasteiger partial charge in [-0.05, 0) is 51.4 Å². The van der Waals surface area contributed by atoms with Gasteiger partial charge in [0.1, 0.15) is 5.75 Å². The lowest BCUT2D eigenvalue weighted by atomic mass is 10.1. The predicted molar refractivity (Wildman–Crippen MR) is 115 cm³/mol. The summed E-state index contributed by atoms with van der Waals surface area (Å²) >= 11 is 1.51. The van der Waals surface area contributed by atoms with E-state index in [9.17, 15) is 4.79 Å². The zero-order valence-electron chi connectivity index (χ0n) is 15.9. The zero-order valence-corrected chi connectivity index (χ0v) is 17.6. The molecule has 5 nitrogen and oxygen atoms in total. The molecule has 144 valence electrons. The Kier molecular flexibility index (Phi) is 7.18. The number of rotatable bonds is 6. The topological polar surface area (TPSA) is 45.7 Å². The number of anilines is 1. The molecule has 0 atom stereocenters. The number of likely N-dealkylation sites (N-methyl/N-ethyl adjacent to an activating group) is 1. The van der Waals surface area contributed by atoms with Crippen molar-refractivity contribution in [1.29, 1.82) is 0 Å². The molecule has 0 saturated heterocycles. The highest BCUT2D eigenvalue weighted by molar-refractivity contribution is 7.22. The Morgan fingerprint density at radius 1 is 1.11 bits per heavy atom.